The topological polar surface area (TPSA) is 17.1 Å². The van der Waals surface area contributed by atoms with Crippen LogP contribution >= 0.6 is 15.8 Å². The standard InChI is InChI=1S/C7H10O.2C7H15P.CH4.4CH3.Fe.Pd/c1-3-5-7(8)6-4-2;2*1-8(2)7-5-3-4-6-7;;;;;;;/h3-6H,1-2H3;2*7H,3-6H2,1-2H3;1H4;4*1H3;;/q;;;;4*-1;2*+2/b5-3+,6-4+;;;;;;;;;. The number of hydrogen-bond donors (Lipinski definition) is 0. The average molecular weight is 609 g/mol. The second-order valence-corrected chi connectivity index (χ2v) is 12.5. The second-order valence-electron chi connectivity index (χ2n) is 7.21. The molecule has 0 bridgehead atoms. The van der Waals surface area contributed by atoms with Gasteiger partial charge in [0.2, 0.25) is 0 Å². The van der Waals surface area contributed by atoms with Gasteiger partial charge in [-0.05, 0) is 89.7 Å². The Morgan fingerprint density at radius 2 is 0.903 bits per heavy atom. The Kier molecular flexibility index (Phi) is 61.8. The molecule has 2 rings (SSSR count). The fourth-order valence-electron chi connectivity index (χ4n) is 3.23. The van der Waals surface area contributed by atoms with Crippen molar-refractivity contribution >= 4 is 21.6 Å². The van der Waals surface area contributed by atoms with Crippen molar-refractivity contribution in [2.45, 2.75) is 84.0 Å². The van der Waals surface area contributed by atoms with Gasteiger partial charge in [0.25, 0.3) is 0 Å². The zero-order valence-corrected chi connectivity index (χ0v) is 26.0. The molecule has 0 aromatic heterocycles. The largest absolute Gasteiger partial charge is 2.00 e. The van der Waals surface area contributed by atoms with Crippen LogP contribution in [0.5, 0.6) is 0 Å². The van der Waals surface area contributed by atoms with Gasteiger partial charge >= 0.3 is 37.5 Å². The number of carbonyl (C=O) groups excluding carboxylic acids is 1. The Morgan fingerprint density at radius 1 is 0.677 bits per heavy atom. The van der Waals surface area contributed by atoms with E-state index in [1.54, 1.807) is 12.2 Å². The summed E-state index contributed by atoms with van der Waals surface area (Å²) in [6, 6.07) is 0. The predicted octanol–water partition coefficient (Wildman–Crippen LogP) is 9.48. The molecule has 2 aliphatic rings. The van der Waals surface area contributed by atoms with Gasteiger partial charge in [0.1, 0.15) is 0 Å². The molecule has 5 heteroatoms. The van der Waals surface area contributed by atoms with Gasteiger partial charge in [0.05, 0.1) is 0 Å². The van der Waals surface area contributed by atoms with Gasteiger partial charge in [0, 0.05) is 0 Å². The minimum absolute atomic E-state index is 0. The van der Waals surface area contributed by atoms with E-state index in [9.17, 15) is 4.79 Å². The minimum Gasteiger partial charge on any atom is -0.358 e. The molecule has 0 heterocycles. The molecule has 0 aromatic carbocycles. The molecule has 31 heavy (non-hydrogen) atoms. The van der Waals surface area contributed by atoms with Crippen molar-refractivity contribution in [3.63, 3.8) is 0 Å². The number of ketones is 1. The summed E-state index contributed by atoms with van der Waals surface area (Å²) in [5.74, 6) is 0.0509. The van der Waals surface area contributed by atoms with Crippen LogP contribution in [0, 0.1) is 29.7 Å². The molecular formula is C26H56FeOP2Pd. The van der Waals surface area contributed by atoms with E-state index in [0.717, 1.165) is 11.3 Å². The zero-order chi connectivity index (χ0) is 18.4. The van der Waals surface area contributed by atoms with Crippen molar-refractivity contribution in [2.24, 2.45) is 0 Å². The van der Waals surface area contributed by atoms with Gasteiger partial charge in [-0.3, -0.25) is 4.79 Å². The Morgan fingerprint density at radius 3 is 1.03 bits per heavy atom. The molecule has 0 amide bonds. The van der Waals surface area contributed by atoms with Crippen LogP contribution in [0.3, 0.4) is 0 Å². The van der Waals surface area contributed by atoms with E-state index < -0.39 is 0 Å². The Bertz CT molecular complexity index is 340. The van der Waals surface area contributed by atoms with Crippen LogP contribution in [-0.4, -0.2) is 43.8 Å². The summed E-state index contributed by atoms with van der Waals surface area (Å²) in [4.78, 5) is 10.5. The molecule has 0 aromatic rings. The number of allylic oxidation sites excluding steroid dienone is 4. The fourth-order valence-corrected chi connectivity index (χ4v) is 6.02. The van der Waals surface area contributed by atoms with Crippen molar-refractivity contribution < 1.29 is 42.3 Å². The summed E-state index contributed by atoms with van der Waals surface area (Å²) in [6.45, 7) is 13.3. The van der Waals surface area contributed by atoms with Crippen molar-refractivity contribution in [3.8, 4) is 0 Å². The van der Waals surface area contributed by atoms with Gasteiger partial charge in [-0.1, -0.05) is 45.3 Å². The van der Waals surface area contributed by atoms with Gasteiger partial charge in [-0.15, -0.1) is 15.8 Å². The first kappa shape index (κ1) is 53.5. The maximum Gasteiger partial charge on any atom is 2.00 e. The maximum atomic E-state index is 10.5. The first-order valence-electron chi connectivity index (χ1n) is 9.54. The fraction of sp³-hybridized carbons (Fsp3) is 0.654. The molecule has 194 valence electrons. The van der Waals surface area contributed by atoms with E-state index in [0.29, 0.717) is 15.8 Å². The molecule has 2 fully saturated rings. The van der Waals surface area contributed by atoms with Crippen molar-refractivity contribution in [1.29, 1.82) is 0 Å². The molecule has 0 radical (unpaired) electrons. The molecule has 0 N–H and O–H groups in total. The Hall–Kier alpha value is 1.19. The van der Waals surface area contributed by atoms with Gasteiger partial charge in [0.15, 0.2) is 5.78 Å². The maximum absolute atomic E-state index is 10.5. The Balaban J connectivity index is -0.0000000383. The molecule has 0 saturated heterocycles. The molecule has 1 nitrogen and oxygen atoms in total. The van der Waals surface area contributed by atoms with E-state index in [2.05, 4.69) is 26.7 Å². The molecule has 2 saturated carbocycles. The van der Waals surface area contributed by atoms with E-state index >= 15 is 0 Å². The third kappa shape index (κ3) is 31.2. The van der Waals surface area contributed by atoms with E-state index in [1.165, 1.54) is 63.5 Å². The summed E-state index contributed by atoms with van der Waals surface area (Å²) in [6.07, 6.45) is 18.6. The number of hydrogen-bond acceptors (Lipinski definition) is 1. The smallest absolute Gasteiger partial charge is 0.358 e. The summed E-state index contributed by atoms with van der Waals surface area (Å²) < 4.78 is 0. The monoisotopic (exact) mass is 608 g/mol. The second kappa shape index (κ2) is 35.8. The molecule has 0 unspecified atom stereocenters. The van der Waals surface area contributed by atoms with Gasteiger partial charge < -0.3 is 29.7 Å². The van der Waals surface area contributed by atoms with Crippen molar-refractivity contribution in [1.82, 2.24) is 0 Å². The summed E-state index contributed by atoms with van der Waals surface area (Å²) in [5.41, 5.74) is 2.26. The van der Waals surface area contributed by atoms with Crippen LogP contribution in [0.15, 0.2) is 24.3 Å². The van der Waals surface area contributed by atoms with Crippen molar-refractivity contribution in [3.05, 3.63) is 54.0 Å². The van der Waals surface area contributed by atoms with E-state index in [1.807, 2.05) is 13.8 Å². The number of rotatable bonds is 4. The van der Waals surface area contributed by atoms with Crippen LogP contribution in [0.25, 0.3) is 0 Å². The molecular weight excluding hydrogens is 552 g/mol. The minimum atomic E-state index is 0. The van der Waals surface area contributed by atoms with Gasteiger partial charge in [-0.2, -0.15) is 0 Å². The van der Waals surface area contributed by atoms with Crippen molar-refractivity contribution in [2.75, 3.05) is 26.7 Å². The molecule has 0 aliphatic heterocycles. The van der Waals surface area contributed by atoms with Crippen LogP contribution in [0.4, 0.5) is 0 Å². The normalized spacial score (nSPS) is 14.7. The number of carbonyl (C=O) groups is 1. The van der Waals surface area contributed by atoms with Crippen LogP contribution in [0.1, 0.15) is 72.6 Å². The van der Waals surface area contributed by atoms with Crippen LogP contribution in [0.2, 0.25) is 0 Å². The van der Waals surface area contributed by atoms with Gasteiger partial charge in [-0.25, -0.2) is 0 Å². The van der Waals surface area contributed by atoms with E-state index in [4.69, 9.17) is 0 Å². The summed E-state index contributed by atoms with van der Waals surface area (Å²) in [5, 5.41) is 0. The SMILES string of the molecule is C.C/C=C/C(=O)/C=C/C.CP(C)C1CCCC1.CP(C)C1CCCC1.[CH3-].[CH3-].[CH3-].[CH3-].[Fe+2].[Pd+2]. The van der Waals surface area contributed by atoms with E-state index in [-0.39, 0.29) is 80.4 Å². The third-order valence-electron chi connectivity index (χ3n) is 4.77. The van der Waals surface area contributed by atoms with Crippen LogP contribution < -0.4 is 0 Å². The molecule has 0 spiro atoms. The molecule has 0 atom stereocenters. The quantitative estimate of drug-likeness (QED) is 0.134. The summed E-state index contributed by atoms with van der Waals surface area (Å²) in [7, 11) is 0.797. The molecule has 2 aliphatic carbocycles. The first-order valence-corrected chi connectivity index (χ1v) is 14.2. The average Bonchev–Trinajstić information content (AvgIpc) is 3.23. The zero-order valence-electron chi connectivity index (χ0n) is 21.6. The van der Waals surface area contributed by atoms with Crippen LogP contribution in [-0.2, 0) is 42.3 Å². The Labute approximate surface area is 227 Å². The third-order valence-corrected chi connectivity index (χ3v) is 8.73. The predicted molar refractivity (Wildman–Crippen MR) is 149 cm³/mol. The summed E-state index contributed by atoms with van der Waals surface area (Å²) >= 11 is 0. The first-order chi connectivity index (χ1) is 11.4.